The Labute approximate surface area is 105 Å². The summed E-state index contributed by atoms with van der Waals surface area (Å²) in [4.78, 5) is 16.0. The lowest BCUT2D eigenvalue weighted by atomic mass is 9.93. The molecule has 0 aliphatic heterocycles. The van der Waals surface area contributed by atoms with Gasteiger partial charge in [0.25, 0.3) is 0 Å². The number of methoxy groups -OCH3 is 1. The molecule has 0 fully saturated rings. The van der Waals surface area contributed by atoms with Crippen LogP contribution in [-0.4, -0.2) is 30.6 Å². The van der Waals surface area contributed by atoms with Crippen LogP contribution in [0.5, 0.6) is 0 Å². The van der Waals surface area contributed by atoms with Crippen LogP contribution in [0.3, 0.4) is 0 Å². The molecule has 96 valence electrons. The molecule has 1 heterocycles. The summed E-state index contributed by atoms with van der Waals surface area (Å²) in [6.45, 7) is 6.42. The maximum atomic E-state index is 11.6. The fraction of sp³-hybridized carbons (Fsp3) is 0.636. The Morgan fingerprint density at radius 2 is 2.29 bits per heavy atom. The van der Waals surface area contributed by atoms with Crippen LogP contribution in [0.15, 0.2) is 5.38 Å². The number of carbonyl (C=O) groups is 1. The van der Waals surface area contributed by atoms with Gasteiger partial charge >= 0.3 is 0 Å². The third kappa shape index (κ3) is 4.07. The van der Waals surface area contributed by atoms with E-state index >= 15 is 0 Å². The largest absolute Gasteiger partial charge is 0.383 e. The molecule has 0 spiro atoms. The van der Waals surface area contributed by atoms with Crippen LogP contribution >= 0.6 is 11.3 Å². The molecular formula is C11H19N3O2S. The number of hydrogen-bond acceptors (Lipinski definition) is 5. The van der Waals surface area contributed by atoms with E-state index in [2.05, 4.69) is 31.1 Å². The highest BCUT2D eigenvalue weighted by atomic mass is 32.1. The summed E-state index contributed by atoms with van der Waals surface area (Å²) in [5.74, 6) is -0.276. The number of thiazole rings is 1. The van der Waals surface area contributed by atoms with E-state index in [1.165, 1.54) is 18.4 Å². The van der Waals surface area contributed by atoms with Crippen LogP contribution in [0.2, 0.25) is 0 Å². The van der Waals surface area contributed by atoms with Crippen LogP contribution in [0.25, 0.3) is 0 Å². The minimum absolute atomic E-state index is 0.0197. The van der Waals surface area contributed by atoms with E-state index in [9.17, 15) is 4.79 Å². The van der Waals surface area contributed by atoms with E-state index in [0.717, 1.165) is 5.69 Å². The molecule has 0 radical (unpaired) electrons. The number of nitrogens with two attached hydrogens (primary N) is 1. The van der Waals surface area contributed by atoms with Gasteiger partial charge in [-0.25, -0.2) is 4.98 Å². The summed E-state index contributed by atoms with van der Waals surface area (Å²) in [6, 6.07) is -0.665. The van der Waals surface area contributed by atoms with Gasteiger partial charge in [0.2, 0.25) is 5.91 Å². The van der Waals surface area contributed by atoms with Crippen molar-refractivity contribution in [3.63, 3.8) is 0 Å². The van der Waals surface area contributed by atoms with Crippen molar-refractivity contribution in [1.82, 2.24) is 4.98 Å². The van der Waals surface area contributed by atoms with Crippen LogP contribution in [0.4, 0.5) is 5.13 Å². The third-order valence-corrected chi connectivity index (χ3v) is 2.94. The Morgan fingerprint density at radius 1 is 1.65 bits per heavy atom. The number of carbonyl (C=O) groups excluding carboxylic acids is 1. The predicted octanol–water partition coefficient (Wildman–Crippen LogP) is 1.35. The first kappa shape index (κ1) is 14.1. The summed E-state index contributed by atoms with van der Waals surface area (Å²) >= 11 is 1.40. The monoisotopic (exact) mass is 257 g/mol. The summed E-state index contributed by atoms with van der Waals surface area (Å²) in [7, 11) is 1.51. The number of nitrogens with one attached hydrogen (secondary N) is 1. The fourth-order valence-electron chi connectivity index (χ4n) is 1.13. The van der Waals surface area contributed by atoms with Crippen LogP contribution < -0.4 is 11.1 Å². The van der Waals surface area contributed by atoms with E-state index in [4.69, 9.17) is 10.5 Å². The molecule has 6 heteroatoms. The number of amides is 1. The van der Waals surface area contributed by atoms with Gasteiger partial charge in [-0.1, -0.05) is 20.8 Å². The zero-order chi connectivity index (χ0) is 13.1. The Hall–Kier alpha value is -0.980. The molecular weight excluding hydrogens is 238 g/mol. The third-order valence-electron chi connectivity index (χ3n) is 2.19. The minimum Gasteiger partial charge on any atom is -0.383 e. The van der Waals surface area contributed by atoms with Gasteiger partial charge in [0.1, 0.15) is 6.04 Å². The topological polar surface area (TPSA) is 77.2 Å². The van der Waals surface area contributed by atoms with Gasteiger partial charge in [-0.3, -0.25) is 4.79 Å². The van der Waals surface area contributed by atoms with E-state index in [1.54, 1.807) is 0 Å². The van der Waals surface area contributed by atoms with Crippen molar-refractivity contribution in [1.29, 1.82) is 0 Å². The molecule has 1 aromatic rings. The van der Waals surface area contributed by atoms with Gasteiger partial charge in [-0.15, -0.1) is 11.3 Å². The lowest BCUT2D eigenvalue weighted by molar-refractivity contribution is -0.118. The van der Waals surface area contributed by atoms with Gasteiger partial charge in [0.15, 0.2) is 5.13 Å². The van der Waals surface area contributed by atoms with Gasteiger partial charge in [-0.05, 0) is 0 Å². The lowest BCUT2D eigenvalue weighted by Crippen LogP contribution is -2.39. The molecule has 5 nitrogen and oxygen atoms in total. The summed E-state index contributed by atoms with van der Waals surface area (Å²) in [5.41, 5.74) is 6.54. The minimum atomic E-state index is -0.665. The van der Waals surface area contributed by atoms with Crippen LogP contribution in [-0.2, 0) is 14.9 Å². The number of aromatic nitrogens is 1. The lowest BCUT2D eigenvalue weighted by Gasteiger charge is -2.14. The highest BCUT2D eigenvalue weighted by molar-refractivity contribution is 7.13. The first-order valence-electron chi connectivity index (χ1n) is 5.36. The molecule has 1 rings (SSSR count). The molecule has 1 unspecified atom stereocenters. The molecule has 1 aromatic heterocycles. The zero-order valence-electron chi connectivity index (χ0n) is 10.6. The van der Waals surface area contributed by atoms with E-state index in [1.807, 2.05) is 5.38 Å². The molecule has 0 saturated carbocycles. The number of ether oxygens (including phenoxy) is 1. The Bertz CT molecular complexity index is 384. The summed E-state index contributed by atoms with van der Waals surface area (Å²) in [5, 5.41) is 5.20. The van der Waals surface area contributed by atoms with Crippen molar-refractivity contribution in [2.45, 2.75) is 32.2 Å². The summed E-state index contributed by atoms with van der Waals surface area (Å²) < 4.78 is 4.82. The second kappa shape index (κ2) is 5.57. The normalized spacial score (nSPS) is 13.5. The number of hydrogen-bond donors (Lipinski definition) is 2. The van der Waals surface area contributed by atoms with Gasteiger partial charge in [0.05, 0.1) is 12.3 Å². The molecule has 0 aromatic carbocycles. The maximum absolute atomic E-state index is 11.6. The zero-order valence-corrected chi connectivity index (χ0v) is 11.4. The van der Waals surface area contributed by atoms with E-state index in [-0.39, 0.29) is 17.9 Å². The first-order chi connectivity index (χ1) is 7.84. The van der Waals surface area contributed by atoms with Crippen molar-refractivity contribution in [3.05, 3.63) is 11.1 Å². The average Bonchev–Trinajstić information content (AvgIpc) is 2.66. The van der Waals surface area contributed by atoms with Crippen molar-refractivity contribution in [2.24, 2.45) is 5.73 Å². The van der Waals surface area contributed by atoms with Crippen LogP contribution in [0, 0.1) is 0 Å². The van der Waals surface area contributed by atoms with E-state index in [0.29, 0.717) is 5.13 Å². The molecule has 3 N–H and O–H groups in total. The smallest absolute Gasteiger partial charge is 0.245 e. The Morgan fingerprint density at radius 3 is 2.76 bits per heavy atom. The highest BCUT2D eigenvalue weighted by Gasteiger charge is 2.19. The average molecular weight is 257 g/mol. The SMILES string of the molecule is COCC(N)C(=O)Nc1nc(C(C)(C)C)cs1. The molecule has 0 saturated heterocycles. The van der Waals surface area contributed by atoms with Crippen molar-refractivity contribution in [2.75, 3.05) is 19.0 Å². The van der Waals surface area contributed by atoms with Crippen LogP contribution in [0.1, 0.15) is 26.5 Å². The van der Waals surface area contributed by atoms with Gasteiger partial charge in [0, 0.05) is 17.9 Å². The molecule has 0 bridgehead atoms. The molecule has 0 aliphatic carbocycles. The van der Waals surface area contributed by atoms with Gasteiger partial charge < -0.3 is 15.8 Å². The Kier molecular flexibility index (Phi) is 4.62. The molecule has 1 amide bonds. The predicted molar refractivity (Wildman–Crippen MR) is 69.3 cm³/mol. The van der Waals surface area contributed by atoms with Gasteiger partial charge in [-0.2, -0.15) is 0 Å². The van der Waals surface area contributed by atoms with Crippen molar-refractivity contribution in [3.8, 4) is 0 Å². The molecule has 1 atom stereocenters. The molecule has 17 heavy (non-hydrogen) atoms. The number of anilines is 1. The molecule has 0 aliphatic rings. The second-order valence-corrected chi connectivity index (χ2v) is 5.70. The second-order valence-electron chi connectivity index (χ2n) is 4.84. The fourth-order valence-corrected chi connectivity index (χ4v) is 2.07. The first-order valence-corrected chi connectivity index (χ1v) is 6.24. The highest BCUT2D eigenvalue weighted by Crippen LogP contribution is 2.26. The standard InChI is InChI=1S/C11H19N3O2S/c1-11(2,3)8-6-17-10(13-8)14-9(15)7(12)5-16-4/h6-7H,5,12H2,1-4H3,(H,13,14,15). The Balaban J connectivity index is 2.64. The maximum Gasteiger partial charge on any atom is 0.245 e. The van der Waals surface area contributed by atoms with E-state index < -0.39 is 6.04 Å². The number of nitrogens with zero attached hydrogens (tertiary/aromatic N) is 1. The summed E-state index contributed by atoms with van der Waals surface area (Å²) in [6.07, 6.45) is 0. The van der Waals surface area contributed by atoms with Crippen molar-refractivity contribution < 1.29 is 9.53 Å². The van der Waals surface area contributed by atoms with Crippen molar-refractivity contribution >= 4 is 22.4 Å². The number of rotatable bonds is 4. The quantitative estimate of drug-likeness (QED) is 0.853.